The minimum atomic E-state index is 0.534. The minimum Gasteiger partial charge on any atom is -0.383 e. The first kappa shape index (κ1) is 12.4. The quantitative estimate of drug-likeness (QED) is 0.269. The molecule has 18 heavy (non-hydrogen) atoms. The van der Waals surface area contributed by atoms with Crippen LogP contribution in [0.25, 0.3) is 11.0 Å². The van der Waals surface area contributed by atoms with E-state index in [9.17, 15) is 0 Å². The largest absolute Gasteiger partial charge is 0.383 e. The molecule has 0 atom stereocenters. The monoisotopic (exact) mass is 245 g/mol. The number of benzene rings is 1. The number of para-hydroxylation sites is 1. The number of aromatic nitrogens is 2. The smallest absolute Gasteiger partial charge is 0.144 e. The number of rotatable bonds is 4. The number of methoxy groups -OCH3 is 1. The Kier molecular flexibility index (Phi) is 4.16. The summed E-state index contributed by atoms with van der Waals surface area (Å²) in [6, 6.07) is 5.70. The van der Waals surface area contributed by atoms with E-state index >= 15 is 0 Å². The van der Waals surface area contributed by atoms with Crippen molar-refractivity contribution >= 4 is 16.9 Å². The molecular formula is C12H15N5O. The molecule has 0 bridgehead atoms. The highest BCUT2D eigenvalue weighted by atomic mass is 16.5. The molecule has 2 aromatic rings. The van der Waals surface area contributed by atoms with Crippen LogP contribution in [0.1, 0.15) is 5.56 Å². The lowest BCUT2D eigenvalue weighted by atomic mass is 10.1. The zero-order valence-electron chi connectivity index (χ0n) is 10.1. The van der Waals surface area contributed by atoms with Crippen LogP contribution in [0.15, 0.2) is 35.6 Å². The highest BCUT2D eigenvalue weighted by Gasteiger charge is 2.07. The third-order valence-corrected chi connectivity index (χ3v) is 2.46. The van der Waals surface area contributed by atoms with Gasteiger partial charge in [0.25, 0.3) is 0 Å². The highest BCUT2D eigenvalue weighted by Crippen LogP contribution is 2.13. The molecule has 0 aliphatic rings. The van der Waals surface area contributed by atoms with Gasteiger partial charge >= 0.3 is 0 Å². The molecule has 0 unspecified atom stereocenters. The fraction of sp³-hybridized carbons (Fsp3) is 0.250. The van der Waals surface area contributed by atoms with Crippen molar-refractivity contribution < 1.29 is 4.74 Å². The lowest BCUT2D eigenvalue weighted by molar-refractivity contribution is 0.208. The second-order valence-electron chi connectivity index (χ2n) is 3.60. The summed E-state index contributed by atoms with van der Waals surface area (Å²) in [6.45, 7) is 1.08. The van der Waals surface area contributed by atoms with Gasteiger partial charge in [-0.2, -0.15) is 0 Å². The first-order valence-corrected chi connectivity index (χ1v) is 5.57. The number of fused-ring (bicyclic) bond motifs is 1. The van der Waals surface area contributed by atoms with Crippen molar-refractivity contribution in [2.45, 2.75) is 0 Å². The summed E-state index contributed by atoms with van der Waals surface area (Å²) in [5.41, 5.74) is 5.01. The van der Waals surface area contributed by atoms with Gasteiger partial charge in [-0.05, 0) is 12.1 Å². The maximum absolute atomic E-state index is 5.51. The van der Waals surface area contributed by atoms with Crippen molar-refractivity contribution in [3.05, 3.63) is 36.2 Å². The average molecular weight is 245 g/mol. The molecular weight excluding hydrogens is 230 g/mol. The van der Waals surface area contributed by atoms with Gasteiger partial charge in [0, 0.05) is 25.1 Å². The number of hydrazine groups is 1. The van der Waals surface area contributed by atoms with Crippen molar-refractivity contribution in [1.29, 1.82) is 0 Å². The Morgan fingerprint density at radius 3 is 3.00 bits per heavy atom. The molecule has 0 fully saturated rings. The highest BCUT2D eigenvalue weighted by molar-refractivity contribution is 6.07. The Labute approximate surface area is 105 Å². The molecule has 94 valence electrons. The predicted molar refractivity (Wildman–Crippen MR) is 70.1 cm³/mol. The summed E-state index contributed by atoms with van der Waals surface area (Å²) in [4.78, 5) is 12.9. The zero-order valence-corrected chi connectivity index (χ0v) is 10.1. The maximum atomic E-state index is 5.51. The third kappa shape index (κ3) is 2.61. The summed E-state index contributed by atoms with van der Waals surface area (Å²) >= 11 is 0. The standard InChI is InChI=1S/C12H15N5O/c1-18-8-7-16-12(17-13)9-3-2-4-10-11(9)15-6-5-14-10/h2-6H,7-8,13H2,1H3,(H,16,17). The summed E-state index contributed by atoms with van der Waals surface area (Å²) in [5, 5.41) is 0. The van der Waals surface area contributed by atoms with Crippen LogP contribution < -0.4 is 11.3 Å². The fourth-order valence-corrected chi connectivity index (χ4v) is 1.64. The molecule has 1 heterocycles. The summed E-state index contributed by atoms with van der Waals surface area (Å²) in [6.07, 6.45) is 3.30. The van der Waals surface area contributed by atoms with E-state index in [2.05, 4.69) is 20.4 Å². The number of nitrogens with zero attached hydrogens (tertiary/aromatic N) is 3. The molecule has 2 rings (SSSR count). The van der Waals surface area contributed by atoms with Crippen LogP contribution in [0.3, 0.4) is 0 Å². The van der Waals surface area contributed by atoms with E-state index < -0.39 is 0 Å². The molecule has 0 aliphatic carbocycles. The van der Waals surface area contributed by atoms with Gasteiger partial charge in [-0.1, -0.05) is 6.07 Å². The van der Waals surface area contributed by atoms with Gasteiger partial charge in [0.15, 0.2) is 0 Å². The van der Waals surface area contributed by atoms with Gasteiger partial charge in [0.1, 0.15) is 5.84 Å². The maximum Gasteiger partial charge on any atom is 0.144 e. The van der Waals surface area contributed by atoms with Gasteiger partial charge < -0.3 is 10.2 Å². The number of ether oxygens (including phenoxy) is 1. The fourth-order valence-electron chi connectivity index (χ4n) is 1.64. The average Bonchev–Trinajstić information content (AvgIpc) is 2.43. The van der Waals surface area contributed by atoms with E-state index in [4.69, 9.17) is 10.6 Å². The molecule has 0 spiro atoms. The van der Waals surface area contributed by atoms with E-state index in [1.54, 1.807) is 19.5 Å². The Morgan fingerprint density at radius 2 is 2.22 bits per heavy atom. The first-order valence-electron chi connectivity index (χ1n) is 5.57. The summed E-state index contributed by atoms with van der Waals surface area (Å²) < 4.78 is 4.96. The Balaban J connectivity index is 2.42. The van der Waals surface area contributed by atoms with Gasteiger partial charge in [-0.15, -0.1) is 0 Å². The number of amidine groups is 1. The summed E-state index contributed by atoms with van der Waals surface area (Å²) in [5.74, 6) is 6.09. The first-order chi connectivity index (χ1) is 8.86. The minimum absolute atomic E-state index is 0.534. The van der Waals surface area contributed by atoms with Crippen molar-refractivity contribution in [2.24, 2.45) is 10.8 Å². The molecule has 3 N–H and O–H groups in total. The SMILES string of the molecule is COCCN=C(NN)c1cccc2nccnc12. The normalized spacial score (nSPS) is 11.8. The van der Waals surface area contributed by atoms with E-state index in [0.29, 0.717) is 19.0 Å². The zero-order chi connectivity index (χ0) is 12.8. The number of hydrogen-bond donors (Lipinski definition) is 2. The van der Waals surface area contributed by atoms with E-state index in [0.717, 1.165) is 16.6 Å². The molecule has 0 radical (unpaired) electrons. The van der Waals surface area contributed by atoms with Crippen LogP contribution >= 0.6 is 0 Å². The lowest BCUT2D eigenvalue weighted by Crippen LogP contribution is -2.32. The second kappa shape index (κ2) is 6.04. The molecule has 6 nitrogen and oxygen atoms in total. The van der Waals surface area contributed by atoms with Crippen LogP contribution in [0.2, 0.25) is 0 Å². The molecule has 6 heteroatoms. The molecule has 0 aliphatic heterocycles. The van der Waals surface area contributed by atoms with Crippen LogP contribution in [-0.2, 0) is 4.74 Å². The van der Waals surface area contributed by atoms with Crippen LogP contribution in [0.4, 0.5) is 0 Å². The predicted octanol–water partition coefficient (Wildman–Crippen LogP) is 0.486. The van der Waals surface area contributed by atoms with Gasteiger partial charge in [0.05, 0.1) is 24.2 Å². The second-order valence-corrected chi connectivity index (χ2v) is 3.60. The van der Waals surface area contributed by atoms with Crippen LogP contribution in [-0.4, -0.2) is 36.1 Å². The van der Waals surface area contributed by atoms with E-state index in [1.807, 2.05) is 18.2 Å². The van der Waals surface area contributed by atoms with Crippen molar-refractivity contribution in [1.82, 2.24) is 15.4 Å². The molecule has 1 aromatic carbocycles. The van der Waals surface area contributed by atoms with Crippen LogP contribution in [0.5, 0.6) is 0 Å². The Bertz CT molecular complexity index is 550. The third-order valence-electron chi connectivity index (χ3n) is 2.46. The topological polar surface area (TPSA) is 85.4 Å². The van der Waals surface area contributed by atoms with Gasteiger partial charge in [-0.3, -0.25) is 15.0 Å². The molecule has 1 aromatic heterocycles. The van der Waals surface area contributed by atoms with Crippen molar-refractivity contribution in [3.8, 4) is 0 Å². The summed E-state index contributed by atoms with van der Waals surface area (Å²) in [7, 11) is 1.63. The van der Waals surface area contributed by atoms with E-state index in [-0.39, 0.29) is 0 Å². The Hall–Kier alpha value is -2.05. The number of nitrogens with one attached hydrogen (secondary N) is 1. The molecule has 0 saturated heterocycles. The van der Waals surface area contributed by atoms with Gasteiger partial charge in [-0.25, -0.2) is 5.84 Å². The van der Waals surface area contributed by atoms with Gasteiger partial charge in [0.2, 0.25) is 0 Å². The number of hydrogen-bond acceptors (Lipinski definition) is 5. The molecule has 0 saturated carbocycles. The van der Waals surface area contributed by atoms with Crippen molar-refractivity contribution in [3.63, 3.8) is 0 Å². The van der Waals surface area contributed by atoms with Crippen molar-refractivity contribution in [2.75, 3.05) is 20.3 Å². The van der Waals surface area contributed by atoms with Crippen LogP contribution in [0, 0.1) is 0 Å². The number of nitrogens with two attached hydrogens (primary N) is 1. The molecule has 0 amide bonds. The van der Waals surface area contributed by atoms with E-state index in [1.165, 1.54) is 0 Å². The number of aliphatic imine (C=N–C) groups is 1. The lowest BCUT2D eigenvalue weighted by Gasteiger charge is -2.08. The Morgan fingerprint density at radius 1 is 1.39 bits per heavy atom.